The minimum Gasteiger partial charge on any atom is -0.480 e. The third kappa shape index (κ3) is 4.60. The van der Waals surface area contributed by atoms with Gasteiger partial charge in [0.25, 0.3) is 0 Å². The van der Waals surface area contributed by atoms with Gasteiger partial charge >= 0.3 is 18.2 Å². The number of nitrogens with zero attached hydrogens (tertiary/aromatic N) is 2. The fourth-order valence-corrected chi connectivity index (χ4v) is 2.03. The minimum absolute atomic E-state index is 0.270. The van der Waals surface area contributed by atoms with Crippen LogP contribution in [0.15, 0.2) is 0 Å². The Balaban J connectivity index is 2.61. The molecule has 1 heterocycles. The Kier molecular flexibility index (Phi) is 5.02. The summed E-state index contributed by atoms with van der Waals surface area (Å²) in [5.41, 5.74) is 0. The zero-order valence-corrected chi connectivity index (χ0v) is 10.6. The number of alkyl halides is 3. The largest absolute Gasteiger partial charge is 0.480 e. The van der Waals surface area contributed by atoms with Gasteiger partial charge in [-0.2, -0.15) is 13.2 Å². The number of hydrogen-bond donors (Lipinski definition) is 1. The molecule has 1 fully saturated rings. The van der Waals surface area contributed by atoms with Crippen LogP contribution < -0.4 is 0 Å². The molecule has 1 N–H and O–H groups in total. The molecule has 5 nitrogen and oxygen atoms in total. The molecule has 1 aliphatic rings. The van der Waals surface area contributed by atoms with Gasteiger partial charge in [-0.05, 0) is 19.3 Å². The molecule has 2 amide bonds. The Labute approximate surface area is 109 Å². The lowest BCUT2D eigenvalue weighted by molar-refractivity contribution is -0.144. The first-order valence-electron chi connectivity index (χ1n) is 6.03. The van der Waals surface area contributed by atoms with Gasteiger partial charge in [0, 0.05) is 20.1 Å². The van der Waals surface area contributed by atoms with E-state index in [-0.39, 0.29) is 6.54 Å². The van der Waals surface area contributed by atoms with Crippen molar-refractivity contribution in [1.29, 1.82) is 0 Å². The summed E-state index contributed by atoms with van der Waals surface area (Å²) in [5.74, 6) is -1.11. The lowest BCUT2D eigenvalue weighted by Crippen LogP contribution is -2.52. The summed E-state index contributed by atoms with van der Waals surface area (Å²) in [6.45, 7) is -0.197. The van der Waals surface area contributed by atoms with Gasteiger partial charge in [-0.15, -0.1) is 0 Å². The van der Waals surface area contributed by atoms with Crippen molar-refractivity contribution in [2.45, 2.75) is 37.9 Å². The average molecular weight is 282 g/mol. The van der Waals surface area contributed by atoms with Crippen molar-refractivity contribution in [3.8, 4) is 0 Å². The molecular weight excluding hydrogens is 265 g/mol. The molecule has 1 rings (SSSR count). The summed E-state index contributed by atoms with van der Waals surface area (Å²) in [7, 11) is 1.25. The van der Waals surface area contributed by atoms with E-state index in [1.165, 1.54) is 7.05 Å². The van der Waals surface area contributed by atoms with Gasteiger partial charge in [0.05, 0.1) is 6.42 Å². The number of carbonyl (C=O) groups excluding carboxylic acids is 1. The zero-order valence-electron chi connectivity index (χ0n) is 10.6. The Morgan fingerprint density at radius 1 is 1.37 bits per heavy atom. The molecule has 0 aliphatic carbocycles. The van der Waals surface area contributed by atoms with Crippen molar-refractivity contribution >= 4 is 12.0 Å². The normalized spacial score (nSPS) is 20.2. The van der Waals surface area contributed by atoms with Crippen molar-refractivity contribution in [1.82, 2.24) is 9.80 Å². The second kappa shape index (κ2) is 6.12. The van der Waals surface area contributed by atoms with E-state index >= 15 is 0 Å². The summed E-state index contributed by atoms with van der Waals surface area (Å²) in [6, 6.07) is -1.59. The predicted molar refractivity (Wildman–Crippen MR) is 60.7 cm³/mol. The molecule has 1 unspecified atom stereocenters. The molecule has 19 heavy (non-hydrogen) atoms. The van der Waals surface area contributed by atoms with Crippen LogP contribution in [0.25, 0.3) is 0 Å². The maximum Gasteiger partial charge on any atom is 0.390 e. The van der Waals surface area contributed by atoms with E-state index in [0.29, 0.717) is 19.3 Å². The monoisotopic (exact) mass is 282 g/mol. The van der Waals surface area contributed by atoms with Crippen LogP contribution in [0, 0.1) is 0 Å². The third-order valence-electron chi connectivity index (χ3n) is 3.09. The fraction of sp³-hybridized carbons (Fsp3) is 0.818. The highest BCUT2D eigenvalue weighted by atomic mass is 19.4. The average Bonchev–Trinajstić information content (AvgIpc) is 2.34. The number of hydrogen-bond acceptors (Lipinski definition) is 2. The maximum atomic E-state index is 12.1. The molecule has 0 aromatic heterocycles. The third-order valence-corrected chi connectivity index (χ3v) is 3.09. The van der Waals surface area contributed by atoms with Crippen LogP contribution >= 0.6 is 0 Å². The first-order chi connectivity index (χ1) is 8.72. The van der Waals surface area contributed by atoms with Crippen molar-refractivity contribution in [3.05, 3.63) is 0 Å². The van der Waals surface area contributed by atoms with Crippen LogP contribution in [0.1, 0.15) is 25.7 Å². The van der Waals surface area contributed by atoms with E-state index in [4.69, 9.17) is 5.11 Å². The highest BCUT2D eigenvalue weighted by Crippen LogP contribution is 2.22. The second-order valence-electron chi connectivity index (χ2n) is 4.61. The van der Waals surface area contributed by atoms with Crippen LogP contribution in [0.5, 0.6) is 0 Å². The zero-order chi connectivity index (χ0) is 14.6. The molecular formula is C11H17F3N2O3. The number of aliphatic carboxylic acids is 1. The standard InChI is InChI=1S/C11H17F3N2O3/c1-15(7-5-11(12,13)14)10(19)16-6-3-2-4-8(16)9(17)18/h8H,2-7H2,1H3,(H,17,18). The van der Waals surface area contributed by atoms with Crippen LogP contribution in [-0.2, 0) is 4.79 Å². The Bertz CT molecular complexity index is 347. The summed E-state index contributed by atoms with van der Waals surface area (Å²) in [6.07, 6.45) is -3.71. The predicted octanol–water partition coefficient (Wildman–Crippen LogP) is 1.93. The van der Waals surface area contributed by atoms with Gasteiger partial charge in [0.2, 0.25) is 0 Å². The highest BCUT2D eigenvalue weighted by Gasteiger charge is 2.34. The topological polar surface area (TPSA) is 60.9 Å². The van der Waals surface area contributed by atoms with Crippen molar-refractivity contribution in [3.63, 3.8) is 0 Å². The van der Waals surface area contributed by atoms with Gasteiger partial charge in [-0.1, -0.05) is 0 Å². The number of rotatable bonds is 3. The summed E-state index contributed by atoms with van der Waals surface area (Å²) in [5, 5.41) is 9.01. The Morgan fingerprint density at radius 2 is 2.00 bits per heavy atom. The number of carboxylic acids is 1. The minimum atomic E-state index is -4.33. The molecule has 0 bridgehead atoms. The van der Waals surface area contributed by atoms with Gasteiger partial charge in [-0.25, -0.2) is 9.59 Å². The fourth-order valence-electron chi connectivity index (χ4n) is 2.03. The number of amides is 2. The van der Waals surface area contributed by atoms with Crippen LogP contribution in [0.3, 0.4) is 0 Å². The molecule has 8 heteroatoms. The molecule has 0 aromatic rings. The maximum absolute atomic E-state index is 12.1. The van der Waals surface area contributed by atoms with Crippen LogP contribution in [0.4, 0.5) is 18.0 Å². The molecule has 1 atom stereocenters. The van der Waals surface area contributed by atoms with Gasteiger partial charge in [0.1, 0.15) is 6.04 Å². The van der Waals surface area contributed by atoms with Crippen molar-refractivity contribution < 1.29 is 27.9 Å². The lowest BCUT2D eigenvalue weighted by atomic mass is 10.0. The number of piperidine rings is 1. The van der Waals surface area contributed by atoms with Gasteiger partial charge < -0.3 is 14.9 Å². The quantitative estimate of drug-likeness (QED) is 0.860. The molecule has 0 radical (unpaired) electrons. The van der Waals surface area contributed by atoms with Gasteiger partial charge in [-0.3, -0.25) is 0 Å². The van der Waals surface area contributed by atoms with E-state index in [0.717, 1.165) is 9.80 Å². The second-order valence-corrected chi connectivity index (χ2v) is 4.61. The van der Waals surface area contributed by atoms with E-state index in [1.807, 2.05) is 0 Å². The molecule has 0 saturated carbocycles. The summed E-state index contributed by atoms with van der Waals surface area (Å²) < 4.78 is 36.2. The Hall–Kier alpha value is -1.47. The van der Waals surface area contributed by atoms with E-state index in [2.05, 4.69) is 0 Å². The molecule has 110 valence electrons. The number of carboxylic acid groups (broad SMARTS) is 1. The molecule has 1 aliphatic heterocycles. The SMILES string of the molecule is CN(CCC(F)(F)F)C(=O)N1CCCCC1C(=O)O. The van der Waals surface area contributed by atoms with E-state index in [9.17, 15) is 22.8 Å². The van der Waals surface area contributed by atoms with E-state index in [1.54, 1.807) is 0 Å². The Morgan fingerprint density at radius 3 is 2.53 bits per heavy atom. The van der Waals surface area contributed by atoms with E-state index < -0.39 is 37.2 Å². The molecule has 1 saturated heterocycles. The number of carbonyl (C=O) groups is 2. The molecule has 0 aromatic carbocycles. The van der Waals surface area contributed by atoms with Gasteiger partial charge in [0.15, 0.2) is 0 Å². The number of likely N-dealkylation sites (tertiary alicyclic amines) is 1. The number of urea groups is 1. The van der Waals surface area contributed by atoms with Crippen LogP contribution in [0.2, 0.25) is 0 Å². The highest BCUT2D eigenvalue weighted by molar-refractivity contribution is 5.82. The van der Waals surface area contributed by atoms with Crippen molar-refractivity contribution in [2.75, 3.05) is 20.1 Å². The first kappa shape index (κ1) is 15.6. The summed E-state index contributed by atoms with van der Waals surface area (Å²) in [4.78, 5) is 25.0. The number of halogens is 3. The summed E-state index contributed by atoms with van der Waals surface area (Å²) >= 11 is 0. The first-order valence-corrected chi connectivity index (χ1v) is 6.03. The smallest absolute Gasteiger partial charge is 0.390 e. The van der Waals surface area contributed by atoms with Crippen molar-refractivity contribution in [2.24, 2.45) is 0 Å². The molecule has 0 spiro atoms. The lowest BCUT2D eigenvalue weighted by Gasteiger charge is -2.35. The van der Waals surface area contributed by atoms with Crippen LogP contribution in [-0.4, -0.2) is 59.3 Å².